The SMILES string of the molecule is COc1ccc(/C(O)=C2\C(=O)C(=O)N(c3cccc(Cl)c3)C2c2cccc(C)c2)cc1Cl. The van der Waals surface area contributed by atoms with E-state index in [1.807, 2.05) is 31.2 Å². The lowest BCUT2D eigenvalue weighted by molar-refractivity contribution is -0.132. The van der Waals surface area contributed by atoms with Gasteiger partial charge in [-0.05, 0) is 48.9 Å². The second kappa shape index (κ2) is 8.69. The summed E-state index contributed by atoms with van der Waals surface area (Å²) in [5, 5.41) is 11.9. The van der Waals surface area contributed by atoms with Crippen molar-refractivity contribution in [3.8, 4) is 5.75 Å². The third kappa shape index (κ3) is 3.85. The molecule has 1 N–H and O–H groups in total. The molecule has 1 atom stereocenters. The minimum Gasteiger partial charge on any atom is -0.507 e. The molecule has 0 aliphatic carbocycles. The Kier molecular flexibility index (Phi) is 5.96. The van der Waals surface area contributed by atoms with E-state index in [0.29, 0.717) is 27.6 Å². The number of halogens is 2. The summed E-state index contributed by atoms with van der Waals surface area (Å²) in [6.45, 7) is 1.91. The van der Waals surface area contributed by atoms with Gasteiger partial charge in [0.05, 0.1) is 23.7 Å². The molecule has 162 valence electrons. The fraction of sp³-hybridized carbons (Fsp3) is 0.120. The topological polar surface area (TPSA) is 66.8 Å². The van der Waals surface area contributed by atoms with E-state index in [1.54, 1.807) is 36.4 Å². The van der Waals surface area contributed by atoms with Gasteiger partial charge in [0.2, 0.25) is 0 Å². The van der Waals surface area contributed by atoms with Crippen LogP contribution in [0.15, 0.2) is 72.3 Å². The highest BCUT2D eigenvalue weighted by Gasteiger charge is 2.47. The molecule has 1 aliphatic heterocycles. The van der Waals surface area contributed by atoms with E-state index in [9.17, 15) is 14.7 Å². The number of hydrogen-bond acceptors (Lipinski definition) is 4. The van der Waals surface area contributed by atoms with Gasteiger partial charge < -0.3 is 9.84 Å². The first kappa shape index (κ1) is 21.9. The molecular weight excluding hydrogens is 449 g/mol. The van der Waals surface area contributed by atoms with Crippen LogP contribution in [0.1, 0.15) is 22.7 Å². The number of aliphatic hydroxyl groups is 1. The molecule has 1 aliphatic rings. The minimum atomic E-state index is -0.839. The van der Waals surface area contributed by atoms with Crippen molar-refractivity contribution in [2.75, 3.05) is 12.0 Å². The van der Waals surface area contributed by atoms with Crippen molar-refractivity contribution >= 4 is 46.3 Å². The van der Waals surface area contributed by atoms with Crippen LogP contribution in [0.2, 0.25) is 10.0 Å². The molecule has 0 radical (unpaired) electrons. The van der Waals surface area contributed by atoms with Crippen LogP contribution in [0, 0.1) is 6.92 Å². The average molecular weight is 468 g/mol. The number of carbonyl (C=O) groups excluding carboxylic acids is 2. The summed E-state index contributed by atoms with van der Waals surface area (Å²) in [7, 11) is 1.48. The summed E-state index contributed by atoms with van der Waals surface area (Å²) in [5.74, 6) is -1.43. The Morgan fingerprint density at radius 2 is 1.75 bits per heavy atom. The third-order valence-electron chi connectivity index (χ3n) is 5.31. The highest BCUT2D eigenvalue weighted by molar-refractivity contribution is 6.52. The highest BCUT2D eigenvalue weighted by Crippen LogP contribution is 2.43. The van der Waals surface area contributed by atoms with Crippen molar-refractivity contribution in [2.24, 2.45) is 0 Å². The number of anilines is 1. The van der Waals surface area contributed by atoms with Gasteiger partial charge in [-0.25, -0.2) is 0 Å². The first-order valence-corrected chi connectivity index (χ1v) is 10.5. The lowest BCUT2D eigenvalue weighted by Crippen LogP contribution is -2.29. The van der Waals surface area contributed by atoms with E-state index < -0.39 is 17.7 Å². The molecule has 3 aromatic carbocycles. The lowest BCUT2D eigenvalue weighted by atomic mass is 9.94. The molecule has 7 heteroatoms. The smallest absolute Gasteiger partial charge is 0.300 e. The number of benzene rings is 3. The number of Topliss-reactive ketones (excluding diaryl/α,β-unsaturated/α-hetero) is 1. The summed E-state index contributed by atoms with van der Waals surface area (Å²) in [6, 6.07) is 18.0. The number of ketones is 1. The standard InChI is InChI=1S/C25H19Cl2NO4/c1-14-5-3-6-15(11-14)22-21(23(29)16-9-10-20(32-2)19(27)12-16)24(30)25(31)28(22)18-8-4-7-17(26)13-18/h3-13,22,29H,1-2H3/b23-21+. The second-order valence-electron chi connectivity index (χ2n) is 7.41. The molecule has 32 heavy (non-hydrogen) atoms. The summed E-state index contributed by atoms with van der Waals surface area (Å²) in [5.41, 5.74) is 2.37. The van der Waals surface area contributed by atoms with Gasteiger partial charge in [-0.1, -0.05) is 59.1 Å². The normalized spacial score (nSPS) is 17.6. The van der Waals surface area contributed by atoms with Crippen molar-refractivity contribution in [1.29, 1.82) is 0 Å². The van der Waals surface area contributed by atoms with Gasteiger partial charge in [-0.15, -0.1) is 0 Å². The predicted molar refractivity (Wildman–Crippen MR) is 125 cm³/mol. The van der Waals surface area contributed by atoms with Gasteiger partial charge in [0, 0.05) is 16.3 Å². The fourth-order valence-electron chi connectivity index (χ4n) is 3.85. The fourth-order valence-corrected chi connectivity index (χ4v) is 4.29. The summed E-state index contributed by atoms with van der Waals surface area (Å²) >= 11 is 12.4. The van der Waals surface area contributed by atoms with Gasteiger partial charge >= 0.3 is 0 Å². The number of nitrogens with zero attached hydrogens (tertiary/aromatic N) is 1. The number of amides is 1. The lowest BCUT2D eigenvalue weighted by Gasteiger charge is -2.26. The van der Waals surface area contributed by atoms with E-state index in [0.717, 1.165) is 5.56 Å². The number of aliphatic hydroxyl groups excluding tert-OH is 1. The van der Waals surface area contributed by atoms with Crippen LogP contribution in [0.25, 0.3) is 5.76 Å². The number of aryl methyl sites for hydroxylation is 1. The summed E-state index contributed by atoms with van der Waals surface area (Å²) < 4.78 is 5.16. The largest absolute Gasteiger partial charge is 0.507 e. The maximum atomic E-state index is 13.2. The molecule has 5 nitrogen and oxygen atoms in total. The zero-order valence-corrected chi connectivity index (χ0v) is 18.8. The van der Waals surface area contributed by atoms with Crippen LogP contribution in [0.3, 0.4) is 0 Å². The van der Waals surface area contributed by atoms with Crippen molar-refractivity contribution in [3.63, 3.8) is 0 Å². The molecule has 4 rings (SSSR count). The Morgan fingerprint density at radius 3 is 2.41 bits per heavy atom. The highest BCUT2D eigenvalue weighted by atomic mass is 35.5. The summed E-state index contributed by atoms with van der Waals surface area (Å²) in [4.78, 5) is 27.7. The Balaban J connectivity index is 1.95. The minimum absolute atomic E-state index is 0.0261. The number of ether oxygens (including phenoxy) is 1. The van der Waals surface area contributed by atoms with Gasteiger partial charge in [-0.3, -0.25) is 14.5 Å². The van der Waals surface area contributed by atoms with Crippen LogP contribution in [0.4, 0.5) is 5.69 Å². The predicted octanol–water partition coefficient (Wildman–Crippen LogP) is 5.94. The van der Waals surface area contributed by atoms with Crippen LogP contribution < -0.4 is 9.64 Å². The van der Waals surface area contributed by atoms with Crippen LogP contribution >= 0.6 is 23.2 Å². The van der Waals surface area contributed by atoms with E-state index in [4.69, 9.17) is 27.9 Å². The van der Waals surface area contributed by atoms with Gasteiger partial charge in [0.15, 0.2) is 0 Å². The van der Waals surface area contributed by atoms with Crippen molar-refractivity contribution < 1.29 is 19.4 Å². The quantitative estimate of drug-likeness (QED) is 0.293. The number of methoxy groups -OCH3 is 1. The number of rotatable bonds is 4. The maximum absolute atomic E-state index is 13.2. The molecule has 1 saturated heterocycles. The van der Waals surface area contributed by atoms with E-state index in [-0.39, 0.29) is 16.4 Å². The number of hydrogen-bond donors (Lipinski definition) is 1. The first-order chi connectivity index (χ1) is 15.3. The molecule has 1 heterocycles. The van der Waals surface area contributed by atoms with Gasteiger partial charge in [-0.2, -0.15) is 0 Å². The molecular formula is C25H19Cl2NO4. The van der Waals surface area contributed by atoms with Crippen molar-refractivity contribution in [3.05, 3.63) is 99.0 Å². The second-order valence-corrected chi connectivity index (χ2v) is 8.26. The van der Waals surface area contributed by atoms with Crippen LogP contribution in [-0.2, 0) is 9.59 Å². The Labute approximate surface area is 195 Å². The zero-order valence-electron chi connectivity index (χ0n) is 17.3. The molecule has 3 aromatic rings. The van der Waals surface area contributed by atoms with Crippen molar-refractivity contribution in [2.45, 2.75) is 13.0 Å². The van der Waals surface area contributed by atoms with Gasteiger partial charge in [0.25, 0.3) is 11.7 Å². The van der Waals surface area contributed by atoms with Crippen LogP contribution in [-0.4, -0.2) is 23.9 Å². The number of carbonyl (C=O) groups is 2. The first-order valence-electron chi connectivity index (χ1n) is 9.79. The maximum Gasteiger partial charge on any atom is 0.300 e. The zero-order chi connectivity index (χ0) is 23.0. The molecule has 1 amide bonds. The molecule has 0 bridgehead atoms. The van der Waals surface area contributed by atoms with E-state index in [1.165, 1.54) is 18.1 Å². The Bertz CT molecular complexity index is 1270. The molecule has 1 unspecified atom stereocenters. The Morgan fingerprint density at radius 1 is 1.00 bits per heavy atom. The monoisotopic (exact) mass is 467 g/mol. The third-order valence-corrected chi connectivity index (χ3v) is 5.84. The molecule has 0 saturated carbocycles. The van der Waals surface area contributed by atoms with E-state index in [2.05, 4.69) is 0 Å². The summed E-state index contributed by atoms with van der Waals surface area (Å²) in [6.07, 6.45) is 0. The van der Waals surface area contributed by atoms with E-state index >= 15 is 0 Å². The van der Waals surface area contributed by atoms with Crippen LogP contribution in [0.5, 0.6) is 5.75 Å². The molecule has 0 spiro atoms. The Hall–Kier alpha value is -3.28. The van der Waals surface area contributed by atoms with Gasteiger partial charge in [0.1, 0.15) is 11.5 Å². The van der Waals surface area contributed by atoms with Crippen molar-refractivity contribution in [1.82, 2.24) is 0 Å². The average Bonchev–Trinajstić information content (AvgIpc) is 3.04. The molecule has 0 aromatic heterocycles. The molecule has 1 fully saturated rings.